The number of carbonyl (C=O) groups is 1. The molecule has 3 N–H and O–H groups in total. The fourth-order valence-corrected chi connectivity index (χ4v) is 2.36. The molecule has 1 aromatic carbocycles. The predicted molar refractivity (Wildman–Crippen MR) is 81.9 cm³/mol. The average molecular weight is 288 g/mol. The third-order valence-corrected chi connectivity index (χ3v) is 3.74. The van der Waals surface area contributed by atoms with E-state index in [-0.39, 0.29) is 11.6 Å². The van der Waals surface area contributed by atoms with Crippen LogP contribution in [0.2, 0.25) is 0 Å². The summed E-state index contributed by atoms with van der Waals surface area (Å²) in [5.41, 5.74) is 7.28. The Morgan fingerprint density at radius 2 is 2.25 bits per heavy atom. The first kappa shape index (κ1) is 14.3. The highest BCUT2D eigenvalue weighted by atomic mass is 32.2. The van der Waals surface area contributed by atoms with Gasteiger partial charge in [0.25, 0.3) is 5.91 Å². The summed E-state index contributed by atoms with van der Waals surface area (Å²) in [7, 11) is 0. The van der Waals surface area contributed by atoms with Crippen molar-refractivity contribution in [2.75, 3.05) is 16.8 Å². The van der Waals surface area contributed by atoms with Gasteiger partial charge in [-0.15, -0.1) is 11.8 Å². The highest BCUT2D eigenvalue weighted by Gasteiger charge is 2.10. The van der Waals surface area contributed by atoms with Crippen LogP contribution < -0.4 is 11.1 Å². The number of nitrogens with one attached hydrogen (secondary N) is 1. The number of anilines is 2. The lowest BCUT2D eigenvalue weighted by atomic mass is 10.2. The summed E-state index contributed by atoms with van der Waals surface area (Å²) < 4.78 is 0. The summed E-state index contributed by atoms with van der Waals surface area (Å²) in [6, 6.07) is 5.63. The number of carbonyl (C=O) groups excluding carboxylic acids is 1. The molecule has 0 unspecified atom stereocenters. The third-order valence-electron chi connectivity index (χ3n) is 2.54. The molecule has 0 saturated carbocycles. The molecule has 2 aromatic rings. The Balaban J connectivity index is 2.14. The number of rotatable bonds is 5. The van der Waals surface area contributed by atoms with Crippen LogP contribution in [0.4, 0.5) is 11.4 Å². The number of hydrogen-bond donors (Lipinski definition) is 2. The summed E-state index contributed by atoms with van der Waals surface area (Å²) >= 11 is 1.73. The summed E-state index contributed by atoms with van der Waals surface area (Å²) in [6.45, 7) is 2.13. The molecule has 20 heavy (non-hydrogen) atoms. The number of nitrogen functional groups attached to an aromatic ring is 1. The van der Waals surface area contributed by atoms with Crippen molar-refractivity contribution in [2.45, 2.75) is 18.2 Å². The lowest BCUT2D eigenvalue weighted by molar-refractivity contribution is 0.102. The second-order valence-electron chi connectivity index (χ2n) is 4.14. The minimum atomic E-state index is -0.317. The molecule has 1 heterocycles. The topological polar surface area (TPSA) is 80.9 Å². The molecule has 0 aliphatic carbocycles. The van der Waals surface area contributed by atoms with Gasteiger partial charge < -0.3 is 11.1 Å². The van der Waals surface area contributed by atoms with Crippen LogP contribution in [0.1, 0.15) is 23.8 Å². The van der Waals surface area contributed by atoms with E-state index >= 15 is 0 Å². The highest BCUT2D eigenvalue weighted by molar-refractivity contribution is 7.99. The van der Waals surface area contributed by atoms with E-state index in [1.54, 1.807) is 17.8 Å². The molecule has 0 saturated heterocycles. The maximum atomic E-state index is 12.0. The van der Waals surface area contributed by atoms with E-state index in [1.165, 1.54) is 18.6 Å². The summed E-state index contributed by atoms with van der Waals surface area (Å²) in [5.74, 6) is 0.712. The molecule has 0 fully saturated rings. The minimum absolute atomic E-state index is 0.263. The molecule has 0 bridgehead atoms. The van der Waals surface area contributed by atoms with Gasteiger partial charge in [-0.2, -0.15) is 0 Å². The quantitative estimate of drug-likeness (QED) is 0.653. The third kappa shape index (κ3) is 3.71. The van der Waals surface area contributed by atoms with Gasteiger partial charge in [-0.05, 0) is 30.4 Å². The lowest BCUT2D eigenvalue weighted by Crippen LogP contribution is -2.14. The van der Waals surface area contributed by atoms with Gasteiger partial charge in [0.1, 0.15) is 5.69 Å². The molecule has 0 aliphatic rings. The van der Waals surface area contributed by atoms with Crippen LogP contribution in [0.15, 0.2) is 41.7 Å². The number of aromatic nitrogens is 2. The van der Waals surface area contributed by atoms with E-state index in [4.69, 9.17) is 5.73 Å². The van der Waals surface area contributed by atoms with Gasteiger partial charge in [0, 0.05) is 17.3 Å². The molecule has 5 nitrogen and oxygen atoms in total. The fraction of sp³-hybridized carbons (Fsp3) is 0.214. The van der Waals surface area contributed by atoms with Gasteiger partial charge in [-0.1, -0.05) is 6.92 Å². The molecule has 0 aliphatic heterocycles. The van der Waals surface area contributed by atoms with Crippen molar-refractivity contribution in [3.8, 4) is 0 Å². The number of benzene rings is 1. The summed E-state index contributed by atoms with van der Waals surface area (Å²) in [6.07, 6.45) is 5.51. The Bertz CT molecular complexity index is 589. The van der Waals surface area contributed by atoms with Crippen LogP contribution in [0.5, 0.6) is 0 Å². The van der Waals surface area contributed by atoms with Gasteiger partial charge >= 0.3 is 0 Å². The number of nitrogens with zero attached hydrogens (tertiary/aromatic N) is 2. The van der Waals surface area contributed by atoms with Crippen LogP contribution in [0.25, 0.3) is 0 Å². The Hall–Kier alpha value is -2.08. The largest absolute Gasteiger partial charge is 0.397 e. The Labute approximate surface area is 122 Å². The predicted octanol–water partition coefficient (Wildman–Crippen LogP) is 2.81. The van der Waals surface area contributed by atoms with Crippen molar-refractivity contribution in [3.63, 3.8) is 0 Å². The van der Waals surface area contributed by atoms with Crippen molar-refractivity contribution >= 4 is 29.0 Å². The minimum Gasteiger partial charge on any atom is -0.397 e. The second kappa shape index (κ2) is 6.91. The molecule has 0 atom stereocenters. The monoisotopic (exact) mass is 288 g/mol. The summed E-state index contributed by atoms with van der Waals surface area (Å²) in [5, 5.41) is 2.76. The van der Waals surface area contributed by atoms with Crippen molar-refractivity contribution < 1.29 is 4.79 Å². The Morgan fingerprint density at radius 1 is 1.40 bits per heavy atom. The maximum Gasteiger partial charge on any atom is 0.275 e. The first-order valence-corrected chi connectivity index (χ1v) is 7.29. The normalized spacial score (nSPS) is 10.2. The number of hydrogen-bond acceptors (Lipinski definition) is 5. The first-order valence-electron chi connectivity index (χ1n) is 6.30. The Kier molecular flexibility index (Phi) is 4.95. The Morgan fingerprint density at radius 3 is 2.95 bits per heavy atom. The average Bonchev–Trinajstić information content (AvgIpc) is 2.49. The second-order valence-corrected chi connectivity index (χ2v) is 5.31. The van der Waals surface area contributed by atoms with Gasteiger partial charge in [-0.25, -0.2) is 4.98 Å². The lowest BCUT2D eigenvalue weighted by Gasteiger charge is -2.09. The molecule has 1 amide bonds. The summed E-state index contributed by atoms with van der Waals surface area (Å²) in [4.78, 5) is 20.9. The SMILES string of the molecule is CCCSc1ccc(N)c(NC(=O)c2cnccn2)c1. The first-order chi connectivity index (χ1) is 9.70. The number of nitrogens with two attached hydrogens (primary N) is 1. The molecule has 104 valence electrons. The number of amides is 1. The van der Waals surface area contributed by atoms with Crippen LogP contribution in [-0.2, 0) is 0 Å². The van der Waals surface area contributed by atoms with E-state index in [1.807, 2.05) is 12.1 Å². The van der Waals surface area contributed by atoms with Gasteiger partial charge in [-0.3, -0.25) is 9.78 Å². The van der Waals surface area contributed by atoms with Crippen LogP contribution in [-0.4, -0.2) is 21.6 Å². The number of thioether (sulfide) groups is 1. The zero-order chi connectivity index (χ0) is 14.4. The van der Waals surface area contributed by atoms with Crippen molar-refractivity contribution in [1.29, 1.82) is 0 Å². The van der Waals surface area contributed by atoms with Crippen LogP contribution in [0, 0.1) is 0 Å². The molecule has 0 radical (unpaired) electrons. The van der Waals surface area contributed by atoms with E-state index in [9.17, 15) is 4.79 Å². The molecule has 6 heteroatoms. The molecule has 1 aromatic heterocycles. The molecule has 2 rings (SSSR count). The van der Waals surface area contributed by atoms with Crippen molar-refractivity contribution in [2.24, 2.45) is 0 Å². The molecular formula is C14H16N4OS. The van der Waals surface area contributed by atoms with Gasteiger partial charge in [0.15, 0.2) is 0 Å². The zero-order valence-electron chi connectivity index (χ0n) is 11.2. The maximum absolute atomic E-state index is 12.0. The fourth-order valence-electron chi connectivity index (χ4n) is 1.56. The van der Waals surface area contributed by atoms with Crippen molar-refractivity contribution in [1.82, 2.24) is 9.97 Å². The van der Waals surface area contributed by atoms with Gasteiger partial charge in [0.05, 0.1) is 17.6 Å². The smallest absolute Gasteiger partial charge is 0.275 e. The van der Waals surface area contributed by atoms with Gasteiger partial charge in [0.2, 0.25) is 0 Å². The van der Waals surface area contributed by atoms with Crippen LogP contribution in [0.3, 0.4) is 0 Å². The van der Waals surface area contributed by atoms with E-state index < -0.39 is 0 Å². The van der Waals surface area contributed by atoms with E-state index in [0.29, 0.717) is 11.4 Å². The van der Waals surface area contributed by atoms with Crippen molar-refractivity contribution in [3.05, 3.63) is 42.5 Å². The standard InChI is InChI=1S/C14H16N4OS/c1-2-7-20-10-3-4-11(15)12(8-10)18-14(19)13-9-16-5-6-17-13/h3-6,8-9H,2,7,15H2,1H3,(H,18,19). The van der Waals surface area contributed by atoms with Crippen LogP contribution >= 0.6 is 11.8 Å². The van der Waals surface area contributed by atoms with E-state index in [0.717, 1.165) is 17.1 Å². The van der Waals surface area contributed by atoms with E-state index in [2.05, 4.69) is 22.2 Å². The molecule has 0 spiro atoms. The zero-order valence-corrected chi connectivity index (χ0v) is 12.0. The molecular weight excluding hydrogens is 272 g/mol. The highest BCUT2D eigenvalue weighted by Crippen LogP contribution is 2.27.